The summed E-state index contributed by atoms with van der Waals surface area (Å²) in [7, 11) is -3.16. The van der Waals surface area contributed by atoms with Crippen LogP contribution < -0.4 is 0 Å². The number of ketones is 1. The van der Waals surface area contributed by atoms with E-state index in [1.165, 1.54) is 10.6 Å². The second-order valence-electron chi connectivity index (χ2n) is 5.06. The molecule has 5 heteroatoms. The number of rotatable bonds is 2. The van der Waals surface area contributed by atoms with Crippen molar-refractivity contribution >= 4 is 15.8 Å². The Morgan fingerprint density at radius 1 is 1.47 bits per heavy atom. The molecule has 1 aliphatic carbocycles. The fraction of sp³-hybridized carbons (Fsp3) is 0.583. The van der Waals surface area contributed by atoms with Gasteiger partial charge in [-0.05, 0) is 17.6 Å². The number of fused-ring (bicyclic) bond motifs is 1. The molecule has 4 nitrogen and oxygen atoms in total. The first-order valence-electron chi connectivity index (χ1n) is 5.70. The Balaban J connectivity index is 2.29. The number of carbonyl (C=O) groups is 1. The molecule has 1 heterocycles. The minimum absolute atomic E-state index is 0.0142. The molecule has 94 valence electrons. The van der Waals surface area contributed by atoms with Crippen LogP contribution in [0, 0.1) is 11.8 Å². The van der Waals surface area contributed by atoms with Gasteiger partial charge in [0, 0.05) is 24.6 Å². The van der Waals surface area contributed by atoms with Crippen LogP contribution in [0.15, 0.2) is 23.3 Å². The number of hydrogen-bond donors (Lipinski definition) is 0. The van der Waals surface area contributed by atoms with Gasteiger partial charge in [-0.15, -0.1) is 0 Å². The first-order chi connectivity index (χ1) is 7.79. The van der Waals surface area contributed by atoms with E-state index < -0.39 is 10.0 Å². The van der Waals surface area contributed by atoms with E-state index in [0.717, 1.165) is 11.1 Å². The third-order valence-corrected chi connectivity index (χ3v) is 4.37. The summed E-state index contributed by atoms with van der Waals surface area (Å²) in [5.41, 5.74) is 1.70. The predicted molar refractivity (Wildman–Crippen MR) is 65.9 cm³/mol. The Bertz CT molecular complexity index is 514. The van der Waals surface area contributed by atoms with Crippen LogP contribution in [-0.2, 0) is 14.8 Å². The van der Waals surface area contributed by atoms with Crippen LogP contribution >= 0.6 is 0 Å². The summed E-state index contributed by atoms with van der Waals surface area (Å²) in [6.45, 7) is 4.81. The monoisotopic (exact) mass is 255 g/mol. The molecule has 1 unspecified atom stereocenters. The highest BCUT2D eigenvalue weighted by molar-refractivity contribution is 7.88. The van der Waals surface area contributed by atoms with E-state index in [4.69, 9.17) is 0 Å². The van der Waals surface area contributed by atoms with Crippen LogP contribution in [0.4, 0.5) is 0 Å². The molecule has 0 amide bonds. The van der Waals surface area contributed by atoms with Crippen molar-refractivity contribution < 1.29 is 13.2 Å². The summed E-state index contributed by atoms with van der Waals surface area (Å²) in [5.74, 6) is 0.334. The fourth-order valence-electron chi connectivity index (χ4n) is 2.38. The standard InChI is InChI=1S/C12H17NO3S/c1-8(2)4-10-11-7-13(17(3,15)16)6-9(11)5-12(10)14/h4-5,8,11H,6-7H2,1-3H3/b10-4+. The van der Waals surface area contributed by atoms with Gasteiger partial charge in [0.15, 0.2) is 5.78 Å². The van der Waals surface area contributed by atoms with Crippen molar-refractivity contribution in [3.63, 3.8) is 0 Å². The Hall–Kier alpha value is -0.940. The van der Waals surface area contributed by atoms with Gasteiger partial charge in [-0.3, -0.25) is 4.79 Å². The van der Waals surface area contributed by atoms with Crippen molar-refractivity contribution in [1.82, 2.24) is 4.31 Å². The maximum absolute atomic E-state index is 11.8. The predicted octanol–water partition coefficient (Wildman–Crippen LogP) is 0.969. The smallest absolute Gasteiger partial charge is 0.211 e. The molecule has 1 saturated heterocycles. The fourth-order valence-corrected chi connectivity index (χ4v) is 3.18. The van der Waals surface area contributed by atoms with Crippen LogP contribution in [0.5, 0.6) is 0 Å². The first kappa shape index (κ1) is 12.5. The van der Waals surface area contributed by atoms with E-state index in [1.807, 2.05) is 19.9 Å². The molecule has 2 rings (SSSR count). The topological polar surface area (TPSA) is 54.5 Å². The maximum Gasteiger partial charge on any atom is 0.211 e. The summed E-state index contributed by atoms with van der Waals surface area (Å²) >= 11 is 0. The quantitative estimate of drug-likeness (QED) is 0.691. The lowest BCUT2D eigenvalue weighted by atomic mass is 9.96. The minimum atomic E-state index is -3.16. The van der Waals surface area contributed by atoms with Crippen molar-refractivity contribution in [2.24, 2.45) is 11.8 Å². The van der Waals surface area contributed by atoms with Crippen molar-refractivity contribution in [2.75, 3.05) is 19.3 Å². The van der Waals surface area contributed by atoms with Gasteiger partial charge in [-0.25, -0.2) is 8.42 Å². The van der Waals surface area contributed by atoms with Gasteiger partial charge >= 0.3 is 0 Å². The number of allylic oxidation sites excluding steroid dienone is 2. The zero-order valence-corrected chi connectivity index (χ0v) is 11.1. The lowest BCUT2D eigenvalue weighted by Gasteiger charge is -2.13. The first-order valence-corrected chi connectivity index (χ1v) is 7.55. The van der Waals surface area contributed by atoms with Crippen LogP contribution in [0.2, 0.25) is 0 Å². The lowest BCUT2D eigenvalue weighted by Crippen LogP contribution is -2.28. The van der Waals surface area contributed by atoms with Gasteiger partial charge in [0.05, 0.1) is 6.26 Å². The van der Waals surface area contributed by atoms with E-state index in [2.05, 4.69) is 0 Å². The Morgan fingerprint density at radius 3 is 2.65 bits per heavy atom. The summed E-state index contributed by atoms with van der Waals surface area (Å²) in [5, 5.41) is 0. The van der Waals surface area contributed by atoms with Gasteiger partial charge in [0.25, 0.3) is 0 Å². The number of carbonyl (C=O) groups excluding carboxylic acids is 1. The Kier molecular flexibility index (Phi) is 2.99. The van der Waals surface area contributed by atoms with Gasteiger partial charge < -0.3 is 0 Å². The van der Waals surface area contributed by atoms with E-state index in [0.29, 0.717) is 19.0 Å². The van der Waals surface area contributed by atoms with Crippen LogP contribution in [0.3, 0.4) is 0 Å². The summed E-state index contributed by atoms with van der Waals surface area (Å²) < 4.78 is 24.4. The van der Waals surface area contributed by atoms with Gasteiger partial charge in [0.1, 0.15) is 0 Å². The highest BCUT2D eigenvalue weighted by Gasteiger charge is 2.40. The molecule has 0 bridgehead atoms. The van der Waals surface area contributed by atoms with Gasteiger partial charge in [-0.2, -0.15) is 4.31 Å². The molecule has 0 N–H and O–H groups in total. The van der Waals surface area contributed by atoms with Crippen molar-refractivity contribution in [3.8, 4) is 0 Å². The second-order valence-corrected chi connectivity index (χ2v) is 7.04. The SMILES string of the molecule is CC(C)/C=C1/C(=O)C=C2CN(S(C)(=O)=O)CC21. The maximum atomic E-state index is 11.8. The molecule has 17 heavy (non-hydrogen) atoms. The van der Waals surface area contributed by atoms with Crippen molar-refractivity contribution in [2.45, 2.75) is 13.8 Å². The number of hydrogen-bond acceptors (Lipinski definition) is 3. The largest absolute Gasteiger partial charge is 0.290 e. The lowest BCUT2D eigenvalue weighted by molar-refractivity contribution is -0.111. The highest BCUT2D eigenvalue weighted by Crippen LogP contribution is 2.36. The summed E-state index contributed by atoms with van der Waals surface area (Å²) in [6, 6.07) is 0. The molecule has 0 radical (unpaired) electrons. The number of sulfonamides is 1. The second kappa shape index (κ2) is 4.07. The molecular formula is C12H17NO3S. The summed E-state index contributed by atoms with van der Waals surface area (Å²) in [4.78, 5) is 11.8. The number of nitrogens with zero attached hydrogens (tertiary/aromatic N) is 1. The van der Waals surface area contributed by atoms with Crippen molar-refractivity contribution in [1.29, 1.82) is 0 Å². The van der Waals surface area contributed by atoms with E-state index in [9.17, 15) is 13.2 Å². The molecule has 0 spiro atoms. The zero-order valence-electron chi connectivity index (χ0n) is 10.3. The van der Waals surface area contributed by atoms with Crippen LogP contribution in [-0.4, -0.2) is 37.9 Å². The molecular weight excluding hydrogens is 238 g/mol. The Morgan fingerprint density at radius 2 is 2.12 bits per heavy atom. The molecule has 1 fully saturated rings. The van der Waals surface area contributed by atoms with Crippen LogP contribution in [0.1, 0.15) is 13.8 Å². The average Bonchev–Trinajstić information content (AvgIpc) is 2.66. The molecule has 0 aromatic rings. The van der Waals surface area contributed by atoms with E-state index in [-0.39, 0.29) is 11.7 Å². The minimum Gasteiger partial charge on any atom is -0.290 e. The van der Waals surface area contributed by atoms with Crippen molar-refractivity contribution in [3.05, 3.63) is 23.3 Å². The molecule has 1 aliphatic heterocycles. The molecule has 1 atom stereocenters. The van der Waals surface area contributed by atoms with E-state index in [1.54, 1.807) is 6.08 Å². The average molecular weight is 255 g/mol. The molecule has 0 aromatic heterocycles. The molecule has 2 aliphatic rings. The highest BCUT2D eigenvalue weighted by atomic mass is 32.2. The molecule has 0 saturated carbocycles. The van der Waals surface area contributed by atoms with Gasteiger partial charge in [-0.1, -0.05) is 19.9 Å². The third-order valence-electron chi connectivity index (χ3n) is 3.15. The zero-order chi connectivity index (χ0) is 12.8. The van der Waals surface area contributed by atoms with Crippen LogP contribution in [0.25, 0.3) is 0 Å². The Labute approximate surface area is 102 Å². The van der Waals surface area contributed by atoms with Gasteiger partial charge in [0.2, 0.25) is 10.0 Å². The third kappa shape index (κ3) is 2.35. The summed E-state index contributed by atoms with van der Waals surface area (Å²) in [6.07, 6.45) is 4.76. The van der Waals surface area contributed by atoms with E-state index >= 15 is 0 Å². The normalized spacial score (nSPS) is 28.0. The molecule has 0 aromatic carbocycles.